The lowest BCUT2D eigenvalue weighted by atomic mass is 10.0. The third kappa shape index (κ3) is 7.63. The number of hydrogen-bond acceptors (Lipinski definition) is 4. The number of nitrogens with zero attached hydrogens (tertiary/aromatic N) is 1. The fourth-order valence-electron chi connectivity index (χ4n) is 1.78. The molecular formula is C13H28N2O3. The molecule has 0 unspecified atom stereocenters. The summed E-state index contributed by atoms with van der Waals surface area (Å²) in [4.78, 5) is 14.0. The van der Waals surface area contributed by atoms with Gasteiger partial charge in [-0.25, -0.2) is 0 Å². The van der Waals surface area contributed by atoms with Crippen molar-refractivity contribution in [3.63, 3.8) is 0 Å². The number of carbonyl (C=O) groups is 1. The summed E-state index contributed by atoms with van der Waals surface area (Å²) in [6.45, 7) is 6.57. The number of nitrogens with two attached hydrogens (primary N) is 1. The fraction of sp³-hybridized carbons (Fsp3) is 0.923. The topological polar surface area (TPSA) is 64.8 Å². The van der Waals surface area contributed by atoms with Gasteiger partial charge in [0.1, 0.15) is 0 Å². The van der Waals surface area contributed by atoms with Crippen molar-refractivity contribution in [3.8, 4) is 0 Å². The first kappa shape index (κ1) is 17.4. The van der Waals surface area contributed by atoms with Gasteiger partial charge in [0.15, 0.2) is 0 Å². The zero-order chi connectivity index (χ0) is 14.0. The second-order valence-corrected chi connectivity index (χ2v) is 4.90. The van der Waals surface area contributed by atoms with Crippen LogP contribution in [0.5, 0.6) is 0 Å². The van der Waals surface area contributed by atoms with Gasteiger partial charge in [-0.1, -0.05) is 13.8 Å². The molecule has 18 heavy (non-hydrogen) atoms. The Hall–Kier alpha value is -0.650. The van der Waals surface area contributed by atoms with Crippen LogP contribution in [0.1, 0.15) is 26.7 Å². The molecule has 0 aromatic heterocycles. The van der Waals surface area contributed by atoms with Gasteiger partial charge >= 0.3 is 0 Å². The summed E-state index contributed by atoms with van der Waals surface area (Å²) in [6.07, 6.45) is 1.53. The lowest BCUT2D eigenvalue weighted by Crippen LogP contribution is -2.46. The van der Waals surface area contributed by atoms with E-state index in [2.05, 4.69) is 13.8 Å². The molecule has 0 heterocycles. The Kier molecular flexibility index (Phi) is 9.92. The molecule has 0 aliphatic heterocycles. The van der Waals surface area contributed by atoms with E-state index < -0.39 is 6.04 Å². The first-order valence-electron chi connectivity index (χ1n) is 6.55. The number of methoxy groups -OCH3 is 2. The monoisotopic (exact) mass is 260 g/mol. The lowest BCUT2D eigenvalue weighted by Gasteiger charge is -2.26. The van der Waals surface area contributed by atoms with E-state index in [0.29, 0.717) is 38.6 Å². The highest BCUT2D eigenvalue weighted by Gasteiger charge is 2.21. The second-order valence-electron chi connectivity index (χ2n) is 4.90. The third-order valence-electron chi connectivity index (χ3n) is 2.70. The van der Waals surface area contributed by atoms with E-state index in [9.17, 15) is 4.79 Å². The van der Waals surface area contributed by atoms with Crippen LogP contribution in [-0.2, 0) is 14.3 Å². The van der Waals surface area contributed by atoms with E-state index in [1.807, 2.05) is 0 Å². The van der Waals surface area contributed by atoms with Crippen molar-refractivity contribution in [2.45, 2.75) is 32.7 Å². The maximum absolute atomic E-state index is 12.2. The Morgan fingerprint density at radius 1 is 1.17 bits per heavy atom. The van der Waals surface area contributed by atoms with E-state index in [-0.39, 0.29) is 5.91 Å². The molecule has 0 aliphatic carbocycles. The third-order valence-corrected chi connectivity index (χ3v) is 2.70. The molecule has 0 rings (SSSR count). The van der Waals surface area contributed by atoms with Crippen LogP contribution in [0, 0.1) is 5.92 Å². The molecule has 0 bridgehead atoms. The molecule has 5 nitrogen and oxygen atoms in total. The van der Waals surface area contributed by atoms with E-state index in [1.165, 1.54) is 0 Å². The van der Waals surface area contributed by atoms with Gasteiger partial charge in [0, 0.05) is 33.9 Å². The average molecular weight is 260 g/mol. The molecule has 0 fully saturated rings. The van der Waals surface area contributed by atoms with E-state index in [1.54, 1.807) is 19.1 Å². The number of hydrogen-bond donors (Lipinski definition) is 1. The Labute approximate surface area is 111 Å². The zero-order valence-electron chi connectivity index (χ0n) is 12.1. The fourth-order valence-corrected chi connectivity index (χ4v) is 1.78. The second kappa shape index (κ2) is 10.3. The van der Waals surface area contributed by atoms with Gasteiger partial charge in [-0.05, 0) is 18.8 Å². The summed E-state index contributed by atoms with van der Waals surface area (Å²) in [7, 11) is 3.29. The minimum absolute atomic E-state index is 0.0110. The summed E-state index contributed by atoms with van der Waals surface area (Å²) in [5.74, 6) is 0.434. The minimum Gasteiger partial charge on any atom is -0.385 e. The molecule has 1 amide bonds. The van der Waals surface area contributed by atoms with E-state index in [0.717, 1.165) is 6.42 Å². The molecule has 0 radical (unpaired) electrons. The predicted octanol–water partition coefficient (Wildman–Crippen LogP) is 0.871. The van der Waals surface area contributed by atoms with Crippen LogP contribution in [0.3, 0.4) is 0 Å². The highest BCUT2D eigenvalue weighted by Crippen LogP contribution is 2.06. The highest BCUT2D eigenvalue weighted by molar-refractivity contribution is 5.81. The first-order valence-corrected chi connectivity index (χ1v) is 6.55. The standard InChI is InChI=1S/C13H28N2O3/c1-11(2)10-12(14)13(16)15(7-9-18-4)6-5-8-17-3/h11-12H,5-10,14H2,1-4H3/t12-/m1/s1. The Morgan fingerprint density at radius 2 is 1.78 bits per heavy atom. The van der Waals surface area contributed by atoms with Crippen molar-refractivity contribution in [3.05, 3.63) is 0 Å². The molecule has 0 saturated heterocycles. The van der Waals surface area contributed by atoms with Crippen LogP contribution in [0.2, 0.25) is 0 Å². The van der Waals surface area contributed by atoms with Crippen LogP contribution in [0.25, 0.3) is 0 Å². The number of carbonyl (C=O) groups excluding carboxylic acids is 1. The Balaban J connectivity index is 4.28. The van der Waals surface area contributed by atoms with Crippen molar-refractivity contribution in [2.24, 2.45) is 11.7 Å². The average Bonchev–Trinajstić information content (AvgIpc) is 2.32. The summed E-state index contributed by atoms with van der Waals surface area (Å²) >= 11 is 0. The first-order chi connectivity index (χ1) is 8.52. The van der Waals surface area contributed by atoms with Crippen molar-refractivity contribution in [2.75, 3.05) is 40.5 Å². The Morgan fingerprint density at radius 3 is 2.28 bits per heavy atom. The molecule has 2 N–H and O–H groups in total. The molecule has 0 saturated carbocycles. The molecule has 0 spiro atoms. The number of amides is 1. The summed E-state index contributed by atoms with van der Waals surface area (Å²) < 4.78 is 10.0. The van der Waals surface area contributed by atoms with Crippen LogP contribution >= 0.6 is 0 Å². The molecule has 0 aromatic carbocycles. The van der Waals surface area contributed by atoms with Crippen LogP contribution in [-0.4, -0.2) is 57.4 Å². The van der Waals surface area contributed by atoms with Gasteiger partial charge in [-0.2, -0.15) is 0 Å². The van der Waals surface area contributed by atoms with Crippen molar-refractivity contribution in [1.29, 1.82) is 0 Å². The van der Waals surface area contributed by atoms with Gasteiger partial charge in [0.05, 0.1) is 12.6 Å². The minimum atomic E-state index is -0.413. The van der Waals surface area contributed by atoms with Crippen LogP contribution in [0.15, 0.2) is 0 Å². The number of ether oxygens (including phenoxy) is 2. The molecular weight excluding hydrogens is 232 g/mol. The van der Waals surface area contributed by atoms with Crippen molar-refractivity contribution < 1.29 is 14.3 Å². The quantitative estimate of drug-likeness (QED) is 0.592. The van der Waals surface area contributed by atoms with Crippen molar-refractivity contribution >= 4 is 5.91 Å². The molecule has 0 aromatic rings. The van der Waals surface area contributed by atoms with Crippen LogP contribution < -0.4 is 5.73 Å². The van der Waals surface area contributed by atoms with Gasteiger partial charge in [0.25, 0.3) is 0 Å². The Bertz CT molecular complexity index is 222. The summed E-state index contributed by atoms with van der Waals surface area (Å²) in [5, 5.41) is 0. The van der Waals surface area contributed by atoms with Gasteiger partial charge < -0.3 is 20.1 Å². The zero-order valence-corrected chi connectivity index (χ0v) is 12.1. The van der Waals surface area contributed by atoms with Crippen LogP contribution in [0.4, 0.5) is 0 Å². The maximum atomic E-state index is 12.2. The number of rotatable bonds is 10. The highest BCUT2D eigenvalue weighted by atomic mass is 16.5. The smallest absolute Gasteiger partial charge is 0.239 e. The molecule has 1 atom stereocenters. The summed E-state index contributed by atoms with van der Waals surface area (Å²) in [6, 6.07) is -0.413. The molecule has 0 aliphatic rings. The largest absolute Gasteiger partial charge is 0.385 e. The summed E-state index contributed by atoms with van der Waals surface area (Å²) in [5.41, 5.74) is 5.93. The normalized spacial score (nSPS) is 12.8. The molecule has 5 heteroatoms. The lowest BCUT2D eigenvalue weighted by molar-refractivity contribution is -0.133. The maximum Gasteiger partial charge on any atom is 0.239 e. The SMILES string of the molecule is COCCCN(CCOC)C(=O)[C@H](N)CC(C)C. The predicted molar refractivity (Wildman–Crippen MR) is 72.4 cm³/mol. The molecule has 108 valence electrons. The van der Waals surface area contributed by atoms with Gasteiger partial charge in [-0.3, -0.25) is 4.79 Å². The van der Waals surface area contributed by atoms with E-state index in [4.69, 9.17) is 15.2 Å². The van der Waals surface area contributed by atoms with E-state index >= 15 is 0 Å². The van der Waals surface area contributed by atoms with Crippen molar-refractivity contribution in [1.82, 2.24) is 4.90 Å². The van der Waals surface area contributed by atoms with Gasteiger partial charge in [-0.15, -0.1) is 0 Å². The van der Waals surface area contributed by atoms with Gasteiger partial charge in [0.2, 0.25) is 5.91 Å².